The van der Waals surface area contributed by atoms with Crippen LogP contribution in [0.2, 0.25) is 0 Å². The second kappa shape index (κ2) is 5.99. The van der Waals surface area contributed by atoms with Crippen LogP contribution in [0.3, 0.4) is 0 Å². The molecule has 0 saturated carbocycles. The van der Waals surface area contributed by atoms with Crippen molar-refractivity contribution in [2.24, 2.45) is 0 Å². The van der Waals surface area contributed by atoms with Gasteiger partial charge in [0.1, 0.15) is 0 Å². The van der Waals surface area contributed by atoms with Gasteiger partial charge in [0.15, 0.2) is 0 Å². The molecule has 1 nitrogen and oxygen atoms in total. The Labute approximate surface area is 113 Å². The highest BCUT2D eigenvalue weighted by molar-refractivity contribution is 7.61. The number of hydrogen-bond donors (Lipinski definition) is 0. The first kappa shape index (κ1) is 13.8. The first-order valence-electron chi connectivity index (χ1n) is 6.90. The molecule has 0 bridgehead atoms. The maximum absolute atomic E-state index is 2.70. The van der Waals surface area contributed by atoms with Crippen LogP contribution in [0.25, 0.3) is 0 Å². The first-order valence-corrected chi connectivity index (χ1v) is 8.27. The average molecular weight is 261 g/mol. The minimum Gasteiger partial charge on any atom is -0.273 e. The van der Waals surface area contributed by atoms with Crippen LogP contribution in [0, 0.1) is 0 Å². The van der Waals surface area contributed by atoms with E-state index in [4.69, 9.17) is 0 Å². The second-order valence-corrected chi connectivity index (χ2v) is 7.70. The quantitative estimate of drug-likeness (QED) is 0.640. The molecule has 1 atom stereocenters. The maximum atomic E-state index is 2.70. The summed E-state index contributed by atoms with van der Waals surface area (Å²) < 4.78 is 2.70. The third kappa shape index (κ3) is 2.84. The summed E-state index contributed by atoms with van der Waals surface area (Å²) in [5, 5.41) is 1.55. The Bertz CT molecular complexity index is 381. The molecule has 0 amide bonds. The molecule has 0 aromatic heterocycles. The molecule has 18 heavy (non-hydrogen) atoms. The summed E-state index contributed by atoms with van der Waals surface area (Å²) in [4.78, 5) is 0. The zero-order valence-corrected chi connectivity index (χ0v) is 12.8. The van der Waals surface area contributed by atoms with Crippen LogP contribution in [0.15, 0.2) is 47.8 Å². The fourth-order valence-corrected chi connectivity index (χ4v) is 5.74. The Kier molecular flexibility index (Phi) is 4.59. The van der Waals surface area contributed by atoms with Gasteiger partial charge in [-0.05, 0) is 39.4 Å². The summed E-state index contributed by atoms with van der Waals surface area (Å²) in [6, 6.07) is 1.18. The van der Waals surface area contributed by atoms with E-state index in [2.05, 4.69) is 74.9 Å². The van der Waals surface area contributed by atoms with Crippen LogP contribution in [-0.2, 0) is 0 Å². The van der Waals surface area contributed by atoms with Crippen molar-refractivity contribution in [2.45, 2.75) is 51.9 Å². The zero-order valence-electron chi connectivity index (χ0n) is 11.9. The lowest BCUT2D eigenvalue weighted by Crippen LogP contribution is -2.34. The van der Waals surface area contributed by atoms with Gasteiger partial charge in [0, 0.05) is 25.8 Å². The highest BCUT2D eigenvalue weighted by Crippen LogP contribution is 2.58. The molecule has 0 spiro atoms. The lowest BCUT2D eigenvalue weighted by atomic mass is 10.3. The van der Waals surface area contributed by atoms with Gasteiger partial charge >= 0.3 is 0 Å². The van der Waals surface area contributed by atoms with Gasteiger partial charge in [0.05, 0.1) is 0 Å². The minimum atomic E-state index is -0.271. The van der Waals surface area contributed by atoms with Crippen LogP contribution in [0.1, 0.15) is 34.1 Å². The summed E-state index contributed by atoms with van der Waals surface area (Å²) >= 11 is 0. The van der Waals surface area contributed by atoms with Crippen molar-refractivity contribution in [2.75, 3.05) is 0 Å². The Balaban J connectivity index is 2.31. The van der Waals surface area contributed by atoms with E-state index in [1.165, 1.54) is 0 Å². The van der Waals surface area contributed by atoms with E-state index in [1.54, 1.807) is 5.31 Å². The normalized spacial score (nSPS) is 20.7. The molecule has 0 N–H and O–H groups in total. The van der Waals surface area contributed by atoms with Crippen molar-refractivity contribution in [1.82, 2.24) is 4.67 Å². The topological polar surface area (TPSA) is 3.24 Å². The standard InChI is InChI=1S/C16H24NP/c1-13(2)17(14(3)4)18(15-9-5-6-10-15)16-11-7-8-12-16/h5-7,9-15H,8H2,1-4H3. The Morgan fingerprint density at radius 1 is 1.11 bits per heavy atom. The zero-order chi connectivity index (χ0) is 13.1. The van der Waals surface area contributed by atoms with Crippen molar-refractivity contribution in [3.8, 4) is 0 Å². The Morgan fingerprint density at radius 3 is 2.17 bits per heavy atom. The fraction of sp³-hybridized carbons (Fsp3) is 0.500. The molecule has 0 radical (unpaired) electrons. The number of nitrogens with zero attached hydrogens (tertiary/aromatic N) is 1. The van der Waals surface area contributed by atoms with Gasteiger partial charge < -0.3 is 0 Å². The summed E-state index contributed by atoms with van der Waals surface area (Å²) in [6.07, 6.45) is 17.2. The largest absolute Gasteiger partial charge is 0.273 e. The second-order valence-electron chi connectivity index (χ2n) is 5.44. The predicted octanol–water partition coefficient (Wildman–Crippen LogP) is 4.84. The van der Waals surface area contributed by atoms with Gasteiger partial charge in [0.25, 0.3) is 0 Å². The lowest BCUT2D eigenvalue weighted by Gasteiger charge is -2.41. The fourth-order valence-electron chi connectivity index (χ4n) is 2.75. The molecule has 2 aliphatic carbocycles. The average Bonchev–Trinajstić information content (AvgIpc) is 2.98. The lowest BCUT2D eigenvalue weighted by molar-refractivity contribution is 0.323. The molecule has 0 saturated heterocycles. The highest BCUT2D eigenvalue weighted by Gasteiger charge is 2.31. The van der Waals surface area contributed by atoms with Crippen molar-refractivity contribution >= 4 is 8.07 Å². The molecule has 0 aliphatic heterocycles. The van der Waals surface area contributed by atoms with E-state index >= 15 is 0 Å². The van der Waals surface area contributed by atoms with E-state index in [9.17, 15) is 0 Å². The van der Waals surface area contributed by atoms with Crippen LogP contribution >= 0.6 is 8.07 Å². The van der Waals surface area contributed by atoms with Crippen LogP contribution in [-0.4, -0.2) is 22.4 Å². The third-order valence-electron chi connectivity index (χ3n) is 3.33. The Hall–Kier alpha value is -0.650. The molecule has 2 heteroatoms. The van der Waals surface area contributed by atoms with E-state index < -0.39 is 0 Å². The molecule has 0 aromatic carbocycles. The van der Waals surface area contributed by atoms with Crippen molar-refractivity contribution in [3.05, 3.63) is 47.8 Å². The number of rotatable bonds is 5. The molecular formula is C16H24NP. The van der Waals surface area contributed by atoms with Gasteiger partial charge in [-0.25, -0.2) is 0 Å². The smallest absolute Gasteiger partial charge is 0.0331 e. The molecular weight excluding hydrogens is 237 g/mol. The van der Waals surface area contributed by atoms with Crippen molar-refractivity contribution < 1.29 is 0 Å². The van der Waals surface area contributed by atoms with Gasteiger partial charge in [-0.3, -0.25) is 4.67 Å². The molecule has 0 aromatic rings. The van der Waals surface area contributed by atoms with E-state index in [-0.39, 0.29) is 8.07 Å². The van der Waals surface area contributed by atoms with Crippen LogP contribution in [0.5, 0.6) is 0 Å². The maximum Gasteiger partial charge on any atom is 0.0331 e. The first-order chi connectivity index (χ1) is 8.61. The van der Waals surface area contributed by atoms with Crippen LogP contribution in [0.4, 0.5) is 0 Å². The number of hydrogen-bond acceptors (Lipinski definition) is 1. The highest BCUT2D eigenvalue weighted by atomic mass is 31.1. The SMILES string of the molecule is CC(C)N(C(C)C)P(C1=CCC=C1)C1C=CC=C1. The molecule has 1 unspecified atom stereocenters. The molecule has 98 valence electrons. The molecule has 0 heterocycles. The summed E-state index contributed by atoms with van der Waals surface area (Å²) in [5.41, 5.74) is 0.582. The summed E-state index contributed by atoms with van der Waals surface area (Å²) in [5.74, 6) is 0. The predicted molar refractivity (Wildman–Crippen MR) is 82.9 cm³/mol. The van der Waals surface area contributed by atoms with Crippen LogP contribution < -0.4 is 0 Å². The Morgan fingerprint density at radius 2 is 1.72 bits per heavy atom. The monoisotopic (exact) mass is 261 g/mol. The van der Waals surface area contributed by atoms with E-state index in [1.807, 2.05) is 0 Å². The van der Waals surface area contributed by atoms with Gasteiger partial charge in [0.2, 0.25) is 0 Å². The third-order valence-corrected chi connectivity index (χ3v) is 6.52. The molecule has 2 rings (SSSR count). The van der Waals surface area contributed by atoms with Crippen molar-refractivity contribution in [3.63, 3.8) is 0 Å². The van der Waals surface area contributed by atoms with Crippen molar-refractivity contribution in [1.29, 1.82) is 0 Å². The van der Waals surface area contributed by atoms with Gasteiger partial charge in [-0.1, -0.05) is 42.5 Å². The number of allylic oxidation sites excluding steroid dienone is 8. The summed E-state index contributed by atoms with van der Waals surface area (Å²) in [6.45, 7) is 9.27. The van der Waals surface area contributed by atoms with Gasteiger partial charge in [-0.15, -0.1) is 0 Å². The minimum absolute atomic E-state index is 0.271. The summed E-state index contributed by atoms with van der Waals surface area (Å²) in [7, 11) is -0.271. The van der Waals surface area contributed by atoms with E-state index in [0.717, 1.165) is 6.42 Å². The molecule has 2 aliphatic rings. The molecule has 0 fully saturated rings. The van der Waals surface area contributed by atoms with Gasteiger partial charge in [-0.2, -0.15) is 0 Å². The van der Waals surface area contributed by atoms with E-state index in [0.29, 0.717) is 17.7 Å².